The molecular weight excluding hydrogens is 415 g/mol. The lowest BCUT2D eigenvalue weighted by Gasteiger charge is -2.09. The summed E-state index contributed by atoms with van der Waals surface area (Å²) in [5, 5.41) is 15.1. The Labute approximate surface area is 177 Å². The number of carbonyl (C=O) groups is 2. The largest absolute Gasteiger partial charge is 0.507 e. The Morgan fingerprint density at radius 3 is 2.52 bits per heavy atom. The number of hydrogen-bond donors (Lipinski definition) is 3. The van der Waals surface area contributed by atoms with E-state index in [0.29, 0.717) is 27.0 Å². The molecule has 0 saturated carbocycles. The van der Waals surface area contributed by atoms with Crippen molar-refractivity contribution < 1.29 is 14.7 Å². The highest BCUT2D eigenvalue weighted by Crippen LogP contribution is 2.27. The number of aromatic nitrogens is 2. The molecule has 2 aromatic carbocycles. The van der Waals surface area contributed by atoms with E-state index in [1.165, 1.54) is 12.1 Å². The Balaban J connectivity index is 1.72. The van der Waals surface area contributed by atoms with Gasteiger partial charge in [0.2, 0.25) is 5.91 Å². The summed E-state index contributed by atoms with van der Waals surface area (Å²) in [7, 11) is 0. The Hall–Kier alpha value is -3.03. The number of phenols is 1. The van der Waals surface area contributed by atoms with Crippen LogP contribution in [0.2, 0.25) is 10.0 Å². The quantitative estimate of drug-likeness (QED) is 0.549. The van der Waals surface area contributed by atoms with E-state index in [0.717, 1.165) is 5.69 Å². The zero-order valence-corrected chi connectivity index (χ0v) is 17.2. The van der Waals surface area contributed by atoms with Crippen molar-refractivity contribution in [3.8, 4) is 11.4 Å². The van der Waals surface area contributed by atoms with E-state index >= 15 is 0 Å². The van der Waals surface area contributed by atoms with Gasteiger partial charge in [-0.05, 0) is 44.2 Å². The highest BCUT2D eigenvalue weighted by Gasteiger charge is 2.18. The van der Waals surface area contributed by atoms with Crippen molar-refractivity contribution in [2.45, 2.75) is 20.3 Å². The van der Waals surface area contributed by atoms with Gasteiger partial charge in [-0.25, -0.2) is 4.68 Å². The standard InChI is InChI=1S/C20H18Cl2N4O3/c1-11-15(12(2)26(25-11)17-8-7-13(21)9-16(17)22)10-19(28)23-24-20(29)14-5-3-4-6-18(14)27/h3-9,27H,10H2,1-2H3,(H,23,28)(H,24,29). The smallest absolute Gasteiger partial charge is 0.273 e. The van der Waals surface area contributed by atoms with Gasteiger partial charge in [-0.1, -0.05) is 35.3 Å². The van der Waals surface area contributed by atoms with Crippen LogP contribution in [0.25, 0.3) is 5.69 Å². The van der Waals surface area contributed by atoms with Gasteiger partial charge in [0.15, 0.2) is 0 Å². The summed E-state index contributed by atoms with van der Waals surface area (Å²) in [5.41, 5.74) is 7.47. The summed E-state index contributed by atoms with van der Waals surface area (Å²) >= 11 is 12.2. The number of para-hydroxylation sites is 1. The van der Waals surface area contributed by atoms with E-state index in [1.54, 1.807) is 41.9 Å². The molecular formula is C20H18Cl2N4O3. The van der Waals surface area contributed by atoms with Crippen molar-refractivity contribution in [3.05, 3.63) is 75.0 Å². The summed E-state index contributed by atoms with van der Waals surface area (Å²) in [4.78, 5) is 24.4. The fourth-order valence-electron chi connectivity index (χ4n) is 2.88. The number of hydrogen-bond acceptors (Lipinski definition) is 4. The summed E-state index contributed by atoms with van der Waals surface area (Å²) in [6.45, 7) is 3.62. The lowest BCUT2D eigenvalue weighted by Crippen LogP contribution is -2.42. The first-order valence-electron chi connectivity index (χ1n) is 8.65. The molecule has 150 valence electrons. The van der Waals surface area contributed by atoms with Gasteiger partial charge >= 0.3 is 0 Å². The third-order valence-corrected chi connectivity index (χ3v) is 4.92. The first kappa shape index (κ1) is 20.7. The van der Waals surface area contributed by atoms with E-state index in [1.807, 2.05) is 6.92 Å². The SMILES string of the molecule is Cc1nn(-c2ccc(Cl)cc2Cl)c(C)c1CC(=O)NNC(=O)c1ccccc1O. The van der Waals surface area contributed by atoms with Crippen molar-refractivity contribution in [1.82, 2.24) is 20.6 Å². The van der Waals surface area contributed by atoms with Crippen LogP contribution < -0.4 is 10.9 Å². The number of hydrazine groups is 1. The highest BCUT2D eigenvalue weighted by molar-refractivity contribution is 6.35. The second kappa shape index (κ2) is 8.55. The summed E-state index contributed by atoms with van der Waals surface area (Å²) in [6, 6.07) is 11.1. The second-order valence-electron chi connectivity index (χ2n) is 6.35. The maximum atomic E-state index is 12.3. The van der Waals surface area contributed by atoms with Crippen LogP contribution in [0, 0.1) is 13.8 Å². The lowest BCUT2D eigenvalue weighted by molar-refractivity contribution is -0.121. The Kier molecular flexibility index (Phi) is 6.10. The number of nitrogens with zero attached hydrogens (tertiary/aromatic N) is 2. The third-order valence-electron chi connectivity index (χ3n) is 4.38. The summed E-state index contributed by atoms with van der Waals surface area (Å²) in [5.74, 6) is -1.22. The van der Waals surface area contributed by atoms with Crippen LogP contribution >= 0.6 is 23.2 Å². The average molecular weight is 433 g/mol. The zero-order chi connectivity index (χ0) is 21.1. The van der Waals surface area contributed by atoms with Crippen molar-refractivity contribution in [2.24, 2.45) is 0 Å². The fraction of sp³-hybridized carbons (Fsp3) is 0.150. The number of rotatable bonds is 4. The minimum atomic E-state index is -0.617. The number of phenolic OH excluding ortho intramolecular Hbond substituents is 1. The third kappa shape index (κ3) is 4.52. The zero-order valence-electron chi connectivity index (χ0n) is 15.7. The number of aryl methyl sites for hydroxylation is 1. The molecule has 0 aliphatic heterocycles. The van der Waals surface area contributed by atoms with Gasteiger partial charge in [-0.3, -0.25) is 20.4 Å². The minimum Gasteiger partial charge on any atom is -0.507 e. The monoisotopic (exact) mass is 432 g/mol. The average Bonchev–Trinajstić information content (AvgIpc) is 2.94. The summed E-state index contributed by atoms with van der Waals surface area (Å²) < 4.78 is 1.65. The Bertz CT molecular complexity index is 1100. The molecule has 0 aliphatic rings. The van der Waals surface area contributed by atoms with Gasteiger partial charge in [0, 0.05) is 16.3 Å². The molecule has 1 aromatic heterocycles. The van der Waals surface area contributed by atoms with Gasteiger partial charge in [-0.15, -0.1) is 0 Å². The van der Waals surface area contributed by atoms with Crippen LogP contribution in [0.1, 0.15) is 27.3 Å². The minimum absolute atomic E-state index is 0.00390. The van der Waals surface area contributed by atoms with Crippen LogP contribution in [0.5, 0.6) is 5.75 Å². The van der Waals surface area contributed by atoms with Crippen LogP contribution in [0.15, 0.2) is 42.5 Å². The molecule has 0 aliphatic carbocycles. The first-order chi connectivity index (χ1) is 13.8. The molecule has 0 bridgehead atoms. The predicted octanol–water partition coefficient (Wildman–Crippen LogP) is 3.51. The van der Waals surface area contributed by atoms with Gasteiger partial charge in [0.05, 0.1) is 28.4 Å². The molecule has 3 rings (SSSR count). The molecule has 3 aromatic rings. The molecule has 0 radical (unpaired) electrons. The first-order valence-corrected chi connectivity index (χ1v) is 9.41. The number of amides is 2. The summed E-state index contributed by atoms with van der Waals surface area (Å²) in [6.07, 6.45) is 0.00390. The molecule has 0 atom stereocenters. The van der Waals surface area contributed by atoms with Crippen LogP contribution in [-0.4, -0.2) is 26.7 Å². The topological polar surface area (TPSA) is 96.3 Å². The van der Waals surface area contributed by atoms with Gasteiger partial charge in [0.1, 0.15) is 5.75 Å². The number of halogens is 2. The van der Waals surface area contributed by atoms with E-state index < -0.39 is 11.8 Å². The number of benzene rings is 2. The molecule has 0 spiro atoms. The van der Waals surface area contributed by atoms with Crippen LogP contribution in [0.4, 0.5) is 0 Å². The second-order valence-corrected chi connectivity index (χ2v) is 7.20. The highest BCUT2D eigenvalue weighted by atomic mass is 35.5. The van der Waals surface area contributed by atoms with Crippen molar-refractivity contribution in [2.75, 3.05) is 0 Å². The van der Waals surface area contributed by atoms with Gasteiger partial charge < -0.3 is 5.11 Å². The molecule has 1 heterocycles. The number of nitrogens with one attached hydrogen (secondary N) is 2. The molecule has 2 amide bonds. The Morgan fingerprint density at radius 1 is 1.10 bits per heavy atom. The molecule has 0 unspecified atom stereocenters. The van der Waals surface area contributed by atoms with Crippen molar-refractivity contribution >= 4 is 35.0 Å². The molecule has 7 nitrogen and oxygen atoms in total. The van der Waals surface area contributed by atoms with Gasteiger partial charge in [-0.2, -0.15) is 5.10 Å². The van der Waals surface area contributed by atoms with Crippen LogP contribution in [0.3, 0.4) is 0 Å². The van der Waals surface area contributed by atoms with Crippen molar-refractivity contribution in [1.29, 1.82) is 0 Å². The predicted molar refractivity (Wildman–Crippen MR) is 110 cm³/mol. The van der Waals surface area contributed by atoms with E-state index in [4.69, 9.17) is 23.2 Å². The normalized spacial score (nSPS) is 10.6. The van der Waals surface area contributed by atoms with Crippen LogP contribution in [-0.2, 0) is 11.2 Å². The molecule has 9 heteroatoms. The molecule has 0 saturated heterocycles. The molecule has 29 heavy (non-hydrogen) atoms. The fourth-order valence-corrected chi connectivity index (χ4v) is 3.37. The number of aromatic hydroxyl groups is 1. The lowest BCUT2D eigenvalue weighted by atomic mass is 10.1. The van der Waals surface area contributed by atoms with E-state index in [-0.39, 0.29) is 17.7 Å². The van der Waals surface area contributed by atoms with E-state index in [9.17, 15) is 14.7 Å². The van der Waals surface area contributed by atoms with Crippen molar-refractivity contribution in [3.63, 3.8) is 0 Å². The number of carbonyl (C=O) groups excluding carboxylic acids is 2. The maximum Gasteiger partial charge on any atom is 0.273 e. The Morgan fingerprint density at radius 2 is 1.83 bits per heavy atom. The molecule has 3 N–H and O–H groups in total. The van der Waals surface area contributed by atoms with E-state index in [2.05, 4.69) is 16.0 Å². The maximum absolute atomic E-state index is 12.3. The van der Waals surface area contributed by atoms with Gasteiger partial charge in [0.25, 0.3) is 5.91 Å². The molecule has 0 fully saturated rings.